The first-order valence-electron chi connectivity index (χ1n) is 12.2. The molecule has 0 fully saturated rings. The zero-order valence-electron chi connectivity index (χ0n) is 19.2. The van der Waals surface area contributed by atoms with E-state index in [2.05, 4.69) is 13.0 Å². The van der Waals surface area contributed by atoms with E-state index in [1.807, 2.05) is 18.2 Å². The van der Waals surface area contributed by atoms with E-state index in [0.29, 0.717) is 5.56 Å². The molecule has 0 aliphatic rings. The summed E-state index contributed by atoms with van der Waals surface area (Å²) in [5.74, 6) is -1.89. The second-order valence-electron chi connectivity index (χ2n) is 8.67. The van der Waals surface area contributed by atoms with Gasteiger partial charge in [-0.1, -0.05) is 120 Å². The van der Waals surface area contributed by atoms with Gasteiger partial charge in [0.25, 0.3) is 0 Å². The predicted molar refractivity (Wildman–Crippen MR) is 128 cm³/mol. The molecule has 0 aliphatic heterocycles. The summed E-state index contributed by atoms with van der Waals surface area (Å²) in [4.78, 5) is 11.2. The Morgan fingerprint density at radius 2 is 1.32 bits per heavy atom. The number of unbranched alkanes of at least 4 members (excludes halogenated alkanes) is 12. The fourth-order valence-corrected chi connectivity index (χ4v) is 4.16. The summed E-state index contributed by atoms with van der Waals surface area (Å²) in [6.45, 7) is 2.27. The standard InChI is InChI=1S/C28H39FO2/c1-2-3-4-5-6-7-8-9-10-11-12-13-14-17-23-18-15-19-24(22-23)25-20-16-21-26(27(25)29)28(30)31/h15-16,18-22H,2-14,17H2,1H3,(H,30,31). The molecule has 0 heterocycles. The van der Waals surface area contributed by atoms with Crippen LogP contribution in [-0.2, 0) is 6.42 Å². The third kappa shape index (κ3) is 9.25. The van der Waals surface area contributed by atoms with E-state index in [1.165, 1.54) is 88.7 Å². The van der Waals surface area contributed by atoms with Gasteiger partial charge in [0.1, 0.15) is 5.82 Å². The number of aromatic carboxylic acids is 1. The van der Waals surface area contributed by atoms with E-state index in [4.69, 9.17) is 5.11 Å². The largest absolute Gasteiger partial charge is 0.478 e. The molecule has 2 aromatic rings. The van der Waals surface area contributed by atoms with Crippen LogP contribution in [0.25, 0.3) is 11.1 Å². The van der Waals surface area contributed by atoms with Crippen molar-refractivity contribution in [2.75, 3.05) is 0 Å². The summed E-state index contributed by atoms with van der Waals surface area (Å²) in [5.41, 5.74) is 2.00. The average molecular weight is 427 g/mol. The van der Waals surface area contributed by atoms with Gasteiger partial charge < -0.3 is 5.11 Å². The molecule has 0 unspecified atom stereocenters. The third-order valence-corrected chi connectivity index (χ3v) is 6.04. The summed E-state index contributed by atoms with van der Waals surface area (Å²) in [6.07, 6.45) is 18.4. The highest BCUT2D eigenvalue weighted by Gasteiger charge is 2.15. The molecule has 0 amide bonds. The van der Waals surface area contributed by atoms with Gasteiger partial charge in [-0.3, -0.25) is 0 Å². The molecule has 2 rings (SSSR count). The lowest BCUT2D eigenvalue weighted by Crippen LogP contribution is -2.01. The number of aryl methyl sites for hydroxylation is 1. The minimum Gasteiger partial charge on any atom is -0.478 e. The van der Waals surface area contributed by atoms with E-state index in [-0.39, 0.29) is 5.56 Å². The van der Waals surface area contributed by atoms with Gasteiger partial charge in [0.15, 0.2) is 0 Å². The van der Waals surface area contributed by atoms with Crippen LogP contribution < -0.4 is 0 Å². The maximum absolute atomic E-state index is 14.5. The van der Waals surface area contributed by atoms with E-state index in [9.17, 15) is 9.18 Å². The Balaban J connectivity index is 1.64. The van der Waals surface area contributed by atoms with E-state index >= 15 is 0 Å². The normalized spacial score (nSPS) is 11.0. The van der Waals surface area contributed by atoms with Gasteiger partial charge in [-0.25, -0.2) is 9.18 Å². The van der Waals surface area contributed by atoms with Crippen LogP contribution in [0.3, 0.4) is 0 Å². The smallest absolute Gasteiger partial charge is 0.338 e. The van der Waals surface area contributed by atoms with Crippen molar-refractivity contribution in [2.24, 2.45) is 0 Å². The molecule has 0 saturated carbocycles. The highest BCUT2D eigenvalue weighted by atomic mass is 19.1. The molecule has 0 spiro atoms. The number of carboxylic acids is 1. The fourth-order valence-electron chi connectivity index (χ4n) is 4.16. The quantitative estimate of drug-likeness (QED) is 0.272. The maximum Gasteiger partial charge on any atom is 0.338 e. The van der Waals surface area contributed by atoms with Crippen LogP contribution in [0, 0.1) is 5.82 Å². The number of carboxylic acid groups (broad SMARTS) is 1. The van der Waals surface area contributed by atoms with Crippen LogP contribution >= 0.6 is 0 Å². The Bertz CT molecular complexity index is 784. The van der Waals surface area contributed by atoms with Crippen molar-refractivity contribution in [1.82, 2.24) is 0 Å². The Morgan fingerprint density at radius 3 is 1.90 bits per heavy atom. The van der Waals surface area contributed by atoms with Crippen LogP contribution in [-0.4, -0.2) is 11.1 Å². The summed E-state index contributed by atoms with van der Waals surface area (Å²) in [6, 6.07) is 12.4. The van der Waals surface area contributed by atoms with Crippen LogP contribution in [0.1, 0.15) is 106 Å². The lowest BCUT2D eigenvalue weighted by atomic mass is 9.98. The molecule has 2 aromatic carbocycles. The van der Waals surface area contributed by atoms with Gasteiger partial charge >= 0.3 is 5.97 Å². The van der Waals surface area contributed by atoms with Crippen molar-refractivity contribution >= 4 is 5.97 Å². The van der Waals surface area contributed by atoms with E-state index < -0.39 is 11.8 Å². The molecule has 0 atom stereocenters. The first-order chi connectivity index (χ1) is 15.1. The van der Waals surface area contributed by atoms with E-state index in [0.717, 1.165) is 18.4 Å². The fraction of sp³-hybridized carbons (Fsp3) is 0.536. The molecule has 0 aromatic heterocycles. The van der Waals surface area contributed by atoms with Crippen LogP contribution in [0.2, 0.25) is 0 Å². The predicted octanol–water partition coefficient (Wildman–Crippen LogP) is 8.82. The van der Waals surface area contributed by atoms with Crippen molar-refractivity contribution in [1.29, 1.82) is 0 Å². The van der Waals surface area contributed by atoms with Crippen molar-refractivity contribution < 1.29 is 14.3 Å². The van der Waals surface area contributed by atoms with Crippen LogP contribution in [0.4, 0.5) is 4.39 Å². The molecule has 0 aliphatic carbocycles. The van der Waals surface area contributed by atoms with Gasteiger partial charge in [0.2, 0.25) is 0 Å². The molecule has 0 saturated heterocycles. The van der Waals surface area contributed by atoms with Crippen molar-refractivity contribution in [2.45, 2.75) is 96.8 Å². The molecule has 3 heteroatoms. The van der Waals surface area contributed by atoms with Gasteiger partial charge in [0.05, 0.1) is 5.56 Å². The summed E-state index contributed by atoms with van der Waals surface area (Å²) >= 11 is 0. The SMILES string of the molecule is CCCCCCCCCCCCCCCc1cccc(-c2cccc(C(=O)O)c2F)c1. The van der Waals surface area contributed by atoms with Gasteiger partial charge in [-0.2, -0.15) is 0 Å². The number of benzene rings is 2. The highest BCUT2D eigenvalue weighted by Crippen LogP contribution is 2.26. The molecule has 0 bridgehead atoms. The average Bonchev–Trinajstić information content (AvgIpc) is 2.77. The van der Waals surface area contributed by atoms with Crippen molar-refractivity contribution in [3.63, 3.8) is 0 Å². The summed E-state index contributed by atoms with van der Waals surface area (Å²) in [7, 11) is 0. The minimum absolute atomic E-state index is 0.278. The highest BCUT2D eigenvalue weighted by molar-refractivity contribution is 5.90. The molecule has 2 nitrogen and oxygen atoms in total. The Kier molecular flexibility index (Phi) is 12.0. The summed E-state index contributed by atoms with van der Waals surface area (Å²) in [5, 5.41) is 9.14. The Hall–Kier alpha value is -2.16. The van der Waals surface area contributed by atoms with Crippen molar-refractivity contribution in [3.05, 3.63) is 59.4 Å². The van der Waals surface area contributed by atoms with Crippen molar-refractivity contribution in [3.8, 4) is 11.1 Å². The Morgan fingerprint density at radius 1 is 0.774 bits per heavy atom. The lowest BCUT2D eigenvalue weighted by molar-refractivity contribution is 0.0692. The number of hydrogen-bond donors (Lipinski definition) is 1. The molecular weight excluding hydrogens is 387 g/mol. The summed E-state index contributed by atoms with van der Waals surface area (Å²) < 4.78 is 14.5. The van der Waals surface area contributed by atoms with Gasteiger partial charge in [-0.05, 0) is 30.0 Å². The third-order valence-electron chi connectivity index (χ3n) is 6.04. The maximum atomic E-state index is 14.5. The second kappa shape index (κ2) is 14.8. The first kappa shape index (κ1) is 25.1. The Labute approximate surface area is 187 Å². The zero-order chi connectivity index (χ0) is 22.3. The zero-order valence-corrected chi connectivity index (χ0v) is 19.2. The van der Waals surface area contributed by atoms with E-state index in [1.54, 1.807) is 12.1 Å². The number of hydrogen-bond acceptors (Lipinski definition) is 1. The second-order valence-corrected chi connectivity index (χ2v) is 8.67. The topological polar surface area (TPSA) is 37.3 Å². The minimum atomic E-state index is -1.23. The van der Waals surface area contributed by atoms with Crippen LogP contribution in [0.5, 0.6) is 0 Å². The van der Waals surface area contributed by atoms with Crippen LogP contribution in [0.15, 0.2) is 42.5 Å². The molecular formula is C28H39FO2. The molecule has 170 valence electrons. The number of carbonyl (C=O) groups is 1. The molecule has 1 N–H and O–H groups in total. The lowest BCUT2D eigenvalue weighted by Gasteiger charge is -2.08. The number of halogens is 1. The van der Waals surface area contributed by atoms with Gasteiger partial charge in [0, 0.05) is 5.56 Å². The first-order valence-corrected chi connectivity index (χ1v) is 12.2. The molecule has 0 radical (unpaired) electrons. The monoisotopic (exact) mass is 426 g/mol. The number of rotatable bonds is 16. The molecule has 31 heavy (non-hydrogen) atoms. The van der Waals surface area contributed by atoms with Gasteiger partial charge in [-0.15, -0.1) is 0 Å².